The maximum absolute atomic E-state index is 8.67. The minimum Gasteiger partial charge on any atom is -0.493 e. The summed E-state index contributed by atoms with van der Waals surface area (Å²) in [4.78, 5) is 0. The largest absolute Gasteiger partial charge is 0.493 e. The quantitative estimate of drug-likeness (QED) is 0.609. The van der Waals surface area contributed by atoms with Gasteiger partial charge in [0.2, 0.25) is 0 Å². The highest BCUT2D eigenvalue weighted by molar-refractivity contribution is 14.1. The average molecular weight is 337 g/mol. The first-order chi connectivity index (χ1) is 7.72. The van der Waals surface area contributed by atoms with Crippen LogP contribution < -0.4 is 14.8 Å². The molecule has 0 saturated carbocycles. The summed E-state index contributed by atoms with van der Waals surface area (Å²) in [5.74, 6) is 1.49. The summed E-state index contributed by atoms with van der Waals surface area (Å²) in [6.45, 7) is 1.44. The highest BCUT2D eigenvalue weighted by Crippen LogP contribution is 2.33. The molecule has 0 heterocycles. The molecule has 5 heteroatoms. The lowest BCUT2D eigenvalue weighted by atomic mass is 10.2. The van der Waals surface area contributed by atoms with Crippen LogP contribution in [-0.4, -0.2) is 32.5 Å². The number of aliphatic hydroxyl groups excluding tert-OH is 1. The SMILES string of the molecule is COc1cc(CNCCO)cc(I)c1OC. The second kappa shape index (κ2) is 6.93. The average Bonchev–Trinajstić information content (AvgIpc) is 2.28. The number of benzene rings is 1. The zero-order chi connectivity index (χ0) is 12.0. The van der Waals surface area contributed by atoms with Crippen molar-refractivity contribution in [3.05, 3.63) is 21.3 Å². The zero-order valence-electron chi connectivity index (χ0n) is 9.42. The predicted octanol–water partition coefficient (Wildman–Crippen LogP) is 1.39. The van der Waals surface area contributed by atoms with Gasteiger partial charge in [-0.05, 0) is 40.3 Å². The van der Waals surface area contributed by atoms with E-state index in [1.807, 2.05) is 12.1 Å². The van der Waals surface area contributed by atoms with E-state index in [0.29, 0.717) is 13.1 Å². The molecule has 90 valence electrons. The van der Waals surface area contributed by atoms with Crippen molar-refractivity contribution < 1.29 is 14.6 Å². The molecule has 0 atom stereocenters. The fourth-order valence-corrected chi connectivity index (χ4v) is 2.27. The normalized spacial score (nSPS) is 10.2. The van der Waals surface area contributed by atoms with Gasteiger partial charge in [0, 0.05) is 13.1 Å². The first kappa shape index (κ1) is 13.5. The smallest absolute Gasteiger partial charge is 0.174 e. The minimum atomic E-state index is 0.143. The molecule has 16 heavy (non-hydrogen) atoms. The van der Waals surface area contributed by atoms with Gasteiger partial charge < -0.3 is 19.9 Å². The van der Waals surface area contributed by atoms with Crippen molar-refractivity contribution in [1.82, 2.24) is 5.32 Å². The number of methoxy groups -OCH3 is 2. The summed E-state index contributed by atoms with van der Waals surface area (Å²) < 4.78 is 11.5. The van der Waals surface area contributed by atoms with Crippen molar-refractivity contribution >= 4 is 22.6 Å². The second-order valence-corrected chi connectivity index (χ2v) is 4.38. The van der Waals surface area contributed by atoms with Gasteiger partial charge in [-0.2, -0.15) is 0 Å². The van der Waals surface area contributed by atoms with Crippen LogP contribution in [0.2, 0.25) is 0 Å². The molecule has 0 bridgehead atoms. The van der Waals surface area contributed by atoms with E-state index < -0.39 is 0 Å². The van der Waals surface area contributed by atoms with Crippen LogP contribution in [0.15, 0.2) is 12.1 Å². The Labute approximate surface area is 109 Å². The molecule has 0 aromatic heterocycles. The minimum absolute atomic E-state index is 0.143. The van der Waals surface area contributed by atoms with Crippen LogP contribution in [0.5, 0.6) is 11.5 Å². The number of aliphatic hydroxyl groups is 1. The van der Waals surface area contributed by atoms with Gasteiger partial charge in [-0.1, -0.05) is 0 Å². The molecule has 0 fully saturated rings. The number of nitrogens with one attached hydrogen (secondary N) is 1. The number of halogens is 1. The highest BCUT2D eigenvalue weighted by Gasteiger charge is 2.09. The lowest BCUT2D eigenvalue weighted by Crippen LogP contribution is -2.17. The number of hydrogen-bond donors (Lipinski definition) is 2. The Balaban J connectivity index is 2.83. The van der Waals surface area contributed by atoms with Gasteiger partial charge in [0.1, 0.15) is 0 Å². The van der Waals surface area contributed by atoms with Crippen LogP contribution in [0.4, 0.5) is 0 Å². The van der Waals surface area contributed by atoms with E-state index in [1.54, 1.807) is 14.2 Å². The van der Waals surface area contributed by atoms with Gasteiger partial charge in [0.15, 0.2) is 11.5 Å². The van der Waals surface area contributed by atoms with E-state index in [0.717, 1.165) is 20.6 Å². The monoisotopic (exact) mass is 337 g/mol. The van der Waals surface area contributed by atoms with Gasteiger partial charge in [0.25, 0.3) is 0 Å². The number of ether oxygens (including phenoxy) is 2. The van der Waals surface area contributed by atoms with Crippen LogP contribution in [0.1, 0.15) is 5.56 Å². The summed E-state index contributed by atoms with van der Waals surface area (Å²) in [5.41, 5.74) is 1.11. The predicted molar refractivity (Wildman–Crippen MR) is 71.1 cm³/mol. The van der Waals surface area contributed by atoms with Gasteiger partial charge in [-0.15, -0.1) is 0 Å². The molecule has 0 saturated heterocycles. The van der Waals surface area contributed by atoms with Crippen LogP contribution >= 0.6 is 22.6 Å². The fourth-order valence-electron chi connectivity index (χ4n) is 1.39. The third-order valence-electron chi connectivity index (χ3n) is 2.11. The van der Waals surface area contributed by atoms with Crippen molar-refractivity contribution in [2.45, 2.75) is 6.54 Å². The van der Waals surface area contributed by atoms with Crippen LogP contribution in [-0.2, 0) is 6.54 Å². The van der Waals surface area contributed by atoms with E-state index in [2.05, 4.69) is 27.9 Å². The molecule has 0 radical (unpaired) electrons. The molecule has 0 aliphatic carbocycles. The Morgan fingerprint density at radius 3 is 2.62 bits per heavy atom. The maximum Gasteiger partial charge on any atom is 0.174 e. The Kier molecular flexibility index (Phi) is 5.86. The summed E-state index contributed by atoms with van der Waals surface area (Å²) in [6.07, 6.45) is 0. The Morgan fingerprint density at radius 1 is 1.31 bits per heavy atom. The van der Waals surface area contributed by atoms with E-state index in [9.17, 15) is 0 Å². The highest BCUT2D eigenvalue weighted by atomic mass is 127. The molecule has 4 nitrogen and oxygen atoms in total. The Morgan fingerprint density at radius 2 is 2.06 bits per heavy atom. The van der Waals surface area contributed by atoms with Gasteiger partial charge >= 0.3 is 0 Å². The molecule has 0 amide bonds. The molecule has 2 N–H and O–H groups in total. The third-order valence-corrected chi connectivity index (χ3v) is 2.91. The molecule has 0 aliphatic heterocycles. The summed E-state index contributed by atoms with van der Waals surface area (Å²) >= 11 is 2.21. The van der Waals surface area contributed by atoms with E-state index in [-0.39, 0.29) is 6.61 Å². The second-order valence-electron chi connectivity index (χ2n) is 3.21. The summed E-state index contributed by atoms with van der Waals surface area (Å²) in [6, 6.07) is 3.97. The lowest BCUT2D eigenvalue weighted by molar-refractivity contribution is 0.292. The van der Waals surface area contributed by atoms with Crippen molar-refractivity contribution in [2.24, 2.45) is 0 Å². The van der Waals surface area contributed by atoms with Gasteiger partial charge in [-0.3, -0.25) is 0 Å². The van der Waals surface area contributed by atoms with Crippen molar-refractivity contribution in [3.8, 4) is 11.5 Å². The third kappa shape index (κ3) is 3.50. The molecule has 1 aromatic carbocycles. The van der Waals surface area contributed by atoms with Crippen molar-refractivity contribution in [3.63, 3.8) is 0 Å². The first-order valence-corrected chi connectivity index (χ1v) is 6.02. The van der Waals surface area contributed by atoms with E-state index in [1.165, 1.54) is 0 Å². The summed E-state index contributed by atoms with van der Waals surface area (Å²) in [5, 5.41) is 11.8. The molecular weight excluding hydrogens is 321 g/mol. The van der Waals surface area contributed by atoms with E-state index in [4.69, 9.17) is 14.6 Å². The topological polar surface area (TPSA) is 50.7 Å². The Bertz CT molecular complexity index is 344. The Hall–Kier alpha value is -0.530. The summed E-state index contributed by atoms with van der Waals surface area (Å²) in [7, 11) is 3.25. The number of hydrogen-bond acceptors (Lipinski definition) is 4. The standard InChI is InChI=1S/C11H16INO3/c1-15-10-6-8(7-13-3-4-14)5-9(12)11(10)16-2/h5-6,13-14H,3-4,7H2,1-2H3. The van der Waals surface area contributed by atoms with Crippen LogP contribution in [0, 0.1) is 3.57 Å². The molecule has 0 unspecified atom stereocenters. The molecule has 1 rings (SSSR count). The van der Waals surface area contributed by atoms with Crippen LogP contribution in [0.3, 0.4) is 0 Å². The maximum atomic E-state index is 8.67. The van der Waals surface area contributed by atoms with E-state index >= 15 is 0 Å². The van der Waals surface area contributed by atoms with Crippen LogP contribution in [0.25, 0.3) is 0 Å². The molecule has 0 spiro atoms. The molecular formula is C11H16INO3. The number of rotatable bonds is 6. The first-order valence-electron chi connectivity index (χ1n) is 4.95. The fraction of sp³-hybridized carbons (Fsp3) is 0.455. The van der Waals surface area contributed by atoms with Gasteiger partial charge in [0.05, 0.1) is 24.4 Å². The molecule has 1 aromatic rings. The lowest BCUT2D eigenvalue weighted by Gasteiger charge is -2.12. The molecule has 0 aliphatic rings. The van der Waals surface area contributed by atoms with Crippen molar-refractivity contribution in [2.75, 3.05) is 27.4 Å². The van der Waals surface area contributed by atoms with Gasteiger partial charge in [-0.25, -0.2) is 0 Å². The van der Waals surface area contributed by atoms with Crippen molar-refractivity contribution in [1.29, 1.82) is 0 Å². The zero-order valence-corrected chi connectivity index (χ0v) is 11.6.